The number of furan rings is 1. The Morgan fingerprint density at radius 3 is 2.92 bits per heavy atom. The number of para-hydroxylation sites is 1. The van der Waals surface area contributed by atoms with E-state index in [0.29, 0.717) is 5.88 Å². The van der Waals surface area contributed by atoms with Crippen LogP contribution >= 0.6 is 11.3 Å². The van der Waals surface area contributed by atoms with Crippen LogP contribution in [-0.2, 0) is 13.0 Å². The minimum atomic E-state index is -0.203. The zero-order chi connectivity index (χ0) is 18.3. The summed E-state index contributed by atoms with van der Waals surface area (Å²) in [7, 11) is 3.43. The number of likely N-dealkylation sites (N-methyl/N-ethyl adjacent to an activating group) is 1. The molecule has 0 bridgehead atoms. The summed E-state index contributed by atoms with van der Waals surface area (Å²) in [5.74, 6) is 1.44. The third-order valence-corrected chi connectivity index (χ3v) is 5.77. The molecule has 3 aromatic rings. The SMILES string of the molecule is CCN1CCc2c(oc(NC(=O)N(C)C)c2-c2nc3ccccc3s2)C1. The van der Waals surface area contributed by atoms with Gasteiger partial charge in [0, 0.05) is 26.2 Å². The van der Waals surface area contributed by atoms with E-state index in [9.17, 15) is 4.79 Å². The molecule has 3 heterocycles. The first kappa shape index (κ1) is 17.1. The Morgan fingerprint density at radius 1 is 1.38 bits per heavy atom. The molecule has 0 radical (unpaired) electrons. The number of hydrogen-bond donors (Lipinski definition) is 1. The highest BCUT2D eigenvalue weighted by molar-refractivity contribution is 7.21. The Bertz CT molecular complexity index is 927. The number of rotatable bonds is 3. The van der Waals surface area contributed by atoms with Crippen molar-refractivity contribution in [1.29, 1.82) is 0 Å². The molecule has 0 saturated heterocycles. The monoisotopic (exact) mass is 370 g/mol. The van der Waals surface area contributed by atoms with E-state index in [0.717, 1.165) is 52.6 Å². The lowest BCUT2D eigenvalue weighted by molar-refractivity contribution is 0.229. The zero-order valence-corrected chi connectivity index (χ0v) is 16.0. The van der Waals surface area contributed by atoms with E-state index in [1.807, 2.05) is 18.2 Å². The Morgan fingerprint density at radius 2 is 2.19 bits per heavy atom. The van der Waals surface area contributed by atoms with Crippen molar-refractivity contribution in [2.75, 3.05) is 32.5 Å². The molecule has 0 spiro atoms. The van der Waals surface area contributed by atoms with E-state index in [1.165, 1.54) is 10.5 Å². The molecule has 1 N–H and O–H groups in total. The van der Waals surface area contributed by atoms with E-state index >= 15 is 0 Å². The molecule has 6 nitrogen and oxygen atoms in total. The number of carbonyl (C=O) groups excluding carboxylic acids is 1. The second kappa shape index (κ2) is 6.74. The van der Waals surface area contributed by atoms with E-state index in [4.69, 9.17) is 9.40 Å². The number of carbonyl (C=O) groups is 1. The average Bonchev–Trinajstić information content (AvgIpc) is 3.20. The number of thiazole rings is 1. The topological polar surface area (TPSA) is 61.6 Å². The Hall–Kier alpha value is -2.38. The van der Waals surface area contributed by atoms with E-state index in [-0.39, 0.29) is 6.03 Å². The van der Waals surface area contributed by atoms with Crippen LogP contribution in [0.15, 0.2) is 28.7 Å². The molecule has 26 heavy (non-hydrogen) atoms. The van der Waals surface area contributed by atoms with Crippen molar-refractivity contribution in [3.8, 4) is 10.6 Å². The van der Waals surface area contributed by atoms with Crippen molar-refractivity contribution >= 4 is 33.5 Å². The molecule has 0 saturated carbocycles. The van der Waals surface area contributed by atoms with Gasteiger partial charge < -0.3 is 9.32 Å². The second-order valence-electron chi connectivity index (χ2n) is 6.64. The van der Waals surface area contributed by atoms with Crippen LogP contribution < -0.4 is 5.32 Å². The van der Waals surface area contributed by atoms with Gasteiger partial charge in [-0.1, -0.05) is 19.1 Å². The Balaban J connectivity index is 1.82. The van der Waals surface area contributed by atoms with E-state index in [2.05, 4.69) is 23.2 Å². The van der Waals surface area contributed by atoms with Gasteiger partial charge >= 0.3 is 6.03 Å². The molecule has 1 aromatic carbocycles. The lowest BCUT2D eigenvalue weighted by Crippen LogP contribution is -2.29. The molecule has 7 heteroatoms. The fraction of sp³-hybridized carbons (Fsp3) is 0.368. The predicted octanol–water partition coefficient (Wildman–Crippen LogP) is 4.03. The summed E-state index contributed by atoms with van der Waals surface area (Å²) in [6, 6.07) is 7.89. The maximum Gasteiger partial charge on any atom is 0.323 e. The third-order valence-electron chi connectivity index (χ3n) is 4.72. The molecular weight excluding hydrogens is 348 g/mol. The highest BCUT2D eigenvalue weighted by Gasteiger charge is 2.29. The molecule has 0 atom stereocenters. The minimum Gasteiger partial charge on any atom is -0.443 e. The van der Waals surface area contributed by atoms with E-state index < -0.39 is 0 Å². The molecule has 0 aliphatic carbocycles. The number of hydrogen-bond acceptors (Lipinski definition) is 5. The summed E-state index contributed by atoms with van der Waals surface area (Å²) in [4.78, 5) is 20.9. The van der Waals surface area contributed by atoms with Crippen LogP contribution in [0.25, 0.3) is 20.8 Å². The molecule has 0 unspecified atom stereocenters. The van der Waals surface area contributed by atoms with Crippen molar-refractivity contribution in [2.24, 2.45) is 0 Å². The third kappa shape index (κ3) is 2.97. The number of nitrogens with zero attached hydrogens (tertiary/aromatic N) is 3. The minimum absolute atomic E-state index is 0.203. The lowest BCUT2D eigenvalue weighted by atomic mass is 10.0. The summed E-state index contributed by atoms with van der Waals surface area (Å²) >= 11 is 1.63. The van der Waals surface area contributed by atoms with Gasteiger partial charge in [0.25, 0.3) is 0 Å². The summed E-state index contributed by atoms with van der Waals surface area (Å²) in [6.45, 7) is 4.89. The molecule has 2 aromatic heterocycles. The largest absolute Gasteiger partial charge is 0.443 e. The van der Waals surface area contributed by atoms with Gasteiger partial charge in [0.2, 0.25) is 5.88 Å². The Labute approximate surface area is 156 Å². The molecular formula is C19H22N4O2S. The van der Waals surface area contributed by atoms with Crippen molar-refractivity contribution in [2.45, 2.75) is 19.9 Å². The predicted molar refractivity (Wildman–Crippen MR) is 105 cm³/mol. The maximum atomic E-state index is 12.2. The smallest absolute Gasteiger partial charge is 0.323 e. The van der Waals surface area contributed by atoms with Gasteiger partial charge in [0.1, 0.15) is 10.8 Å². The van der Waals surface area contributed by atoms with Gasteiger partial charge in [-0.3, -0.25) is 10.2 Å². The van der Waals surface area contributed by atoms with Gasteiger partial charge in [-0.25, -0.2) is 9.78 Å². The number of fused-ring (bicyclic) bond motifs is 2. The van der Waals surface area contributed by atoms with Crippen molar-refractivity contribution in [3.05, 3.63) is 35.6 Å². The van der Waals surface area contributed by atoms with Gasteiger partial charge in [-0.2, -0.15) is 0 Å². The number of aromatic nitrogens is 1. The van der Waals surface area contributed by atoms with Crippen LogP contribution in [0.2, 0.25) is 0 Å². The first-order chi connectivity index (χ1) is 12.6. The molecule has 0 fully saturated rings. The second-order valence-corrected chi connectivity index (χ2v) is 7.67. The molecule has 1 aliphatic rings. The highest BCUT2D eigenvalue weighted by Crippen LogP contribution is 2.42. The summed E-state index contributed by atoms with van der Waals surface area (Å²) < 4.78 is 7.24. The summed E-state index contributed by atoms with van der Waals surface area (Å²) in [6.07, 6.45) is 0.899. The fourth-order valence-corrected chi connectivity index (χ4v) is 4.26. The van der Waals surface area contributed by atoms with Gasteiger partial charge in [-0.05, 0) is 25.1 Å². The van der Waals surface area contributed by atoms with E-state index in [1.54, 1.807) is 25.4 Å². The number of nitrogens with one attached hydrogen (secondary N) is 1. The van der Waals surface area contributed by atoms with Crippen LogP contribution in [0.3, 0.4) is 0 Å². The van der Waals surface area contributed by atoms with Crippen LogP contribution in [0, 0.1) is 0 Å². The highest BCUT2D eigenvalue weighted by atomic mass is 32.1. The Kier molecular flexibility index (Phi) is 4.42. The number of benzene rings is 1. The van der Waals surface area contributed by atoms with Gasteiger partial charge in [0.15, 0.2) is 0 Å². The summed E-state index contributed by atoms with van der Waals surface area (Å²) in [5.41, 5.74) is 3.08. The number of urea groups is 1. The van der Waals surface area contributed by atoms with Gasteiger partial charge in [0.05, 0.1) is 22.3 Å². The lowest BCUT2D eigenvalue weighted by Gasteiger charge is -2.24. The van der Waals surface area contributed by atoms with Gasteiger partial charge in [-0.15, -0.1) is 11.3 Å². The van der Waals surface area contributed by atoms with Crippen LogP contribution in [-0.4, -0.2) is 48.0 Å². The maximum absolute atomic E-state index is 12.2. The molecule has 4 rings (SSSR count). The standard InChI is InChI=1S/C19H22N4O2S/c1-4-23-10-9-12-14(11-23)25-17(21-19(24)22(2)3)16(12)18-20-13-7-5-6-8-15(13)26-18/h5-8H,4,9-11H2,1-3H3,(H,21,24). The number of anilines is 1. The van der Waals surface area contributed by atoms with Crippen molar-refractivity contribution in [3.63, 3.8) is 0 Å². The molecule has 1 aliphatic heterocycles. The van der Waals surface area contributed by atoms with Crippen molar-refractivity contribution in [1.82, 2.24) is 14.8 Å². The molecule has 2 amide bonds. The normalized spacial score (nSPS) is 14.4. The fourth-order valence-electron chi connectivity index (χ4n) is 3.23. The quantitative estimate of drug-likeness (QED) is 0.756. The molecule has 136 valence electrons. The first-order valence-electron chi connectivity index (χ1n) is 8.78. The summed E-state index contributed by atoms with van der Waals surface area (Å²) in [5, 5.41) is 3.81. The van der Waals surface area contributed by atoms with Crippen LogP contribution in [0.4, 0.5) is 10.7 Å². The number of amides is 2. The van der Waals surface area contributed by atoms with Crippen LogP contribution in [0.1, 0.15) is 18.2 Å². The zero-order valence-electron chi connectivity index (χ0n) is 15.2. The first-order valence-corrected chi connectivity index (χ1v) is 9.59. The van der Waals surface area contributed by atoms with Crippen LogP contribution in [0.5, 0.6) is 0 Å². The average molecular weight is 370 g/mol. The van der Waals surface area contributed by atoms with Crippen molar-refractivity contribution < 1.29 is 9.21 Å².